The molecule has 1 saturated heterocycles. The van der Waals surface area contributed by atoms with Crippen molar-refractivity contribution in [2.75, 3.05) is 91.7 Å². The van der Waals surface area contributed by atoms with Crippen LogP contribution in [-0.2, 0) is 23.9 Å². The van der Waals surface area contributed by atoms with E-state index in [0.29, 0.717) is 39.3 Å². The zero-order valence-electron chi connectivity index (χ0n) is 23.3. The van der Waals surface area contributed by atoms with Gasteiger partial charge in [0.05, 0.1) is 19.3 Å². The molecule has 0 unspecified atom stereocenters. The van der Waals surface area contributed by atoms with Crippen LogP contribution in [0.5, 0.6) is 0 Å². The van der Waals surface area contributed by atoms with Gasteiger partial charge in [-0.3, -0.25) is 29.0 Å². The molecule has 230 valence electrons. The second-order valence-electron chi connectivity index (χ2n) is 8.61. The molecular formula is C24H52N8O7. The number of esters is 2. The smallest absolute Gasteiger partial charge is 0.314 e. The van der Waals surface area contributed by atoms with Crippen LogP contribution in [0.1, 0.15) is 38.5 Å². The molecule has 1 amide bonds. The lowest BCUT2D eigenvalue weighted by Crippen LogP contribution is -2.40. The van der Waals surface area contributed by atoms with Crippen LogP contribution in [0.3, 0.4) is 0 Å². The van der Waals surface area contributed by atoms with Gasteiger partial charge in [-0.1, -0.05) is 0 Å². The average Bonchev–Trinajstić information content (AvgIpc) is 3.28. The summed E-state index contributed by atoms with van der Waals surface area (Å²) in [4.78, 5) is 46.1. The Morgan fingerprint density at radius 2 is 1.23 bits per heavy atom. The number of carboxylic acids is 1. The van der Waals surface area contributed by atoms with E-state index in [9.17, 15) is 19.2 Å². The van der Waals surface area contributed by atoms with Crippen molar-refractivity contribution < 1.29 is 34.1 Å². The van der Waals surface area contributed by atoms with Crippen LogP contribution in [0.2, 0.25) is 0 Å². The van der Waals surface area contributed by atoms with Crippen molar-refractivity contribution in [3.63, 3.8) is 0 Å². The van der Waals surface area contributed by atoms with Gasteiger partial charge >= 0.3 is 17.9 Å². The predicted molar refractivity (Wildman–Crippen MR) is 148 cm³/mol. The van der Waals surface area contributed by atoms with Gasteiger partial charge in [-0.15, -0.1) is 0 Å². The van der Waals surface area contributed by atoms with Gasteiger partial charge < -0.3 is 48.5 Å². The van der Waals surface area contributed by atoms with E-state index in [1.807, 2.05) is 0 Å². The van der Waals surface area contributed by atoms with Crippen molar-refractivity contribution in [2.24, 2.45) is 22.9 Å². The summed E-state index contributed by atoms with van der Waals surface area (Å²) in [6.07, 6.45) is 2.15. The first kappa shape index (κ1) is 38.9. The third-order valence-electron chi connectivity index (χ3n) is 5.22. The summed E-state index contributed by atoms with van der Waals surface area (Å²) in [7, 11) is 0. The molecule has 1 aliphatic rings. The number of rotatable bonds is 21. The van der Waals surface area contributed by atoms with Crippen LogP contribution in [-0.4, -0.2) is 136 Å². The molecule has 1 heterocycles. The molecule has 15 nitrogen and oxygen atoms in total. The van der Waals surface area contributed by atoms with Crippen molar-refractivity contribution in [1.29, 1.82) is 0 Å². The van der Waals surface area contributed by atoms with Gasteiger partial charge in [0.15, 0.2) is 0 Å². The molecule has 0 spiro atoms. The lowest BCUT2D eigenvalue weighted by molar-refractivity contribution is -0.152. The first-order chi connectivity index (χ1) is 18.7. The van der Waals surface area contributed by atoms with Crippen molar-refractivity contribution in [3.8, 4) is 0 Å². The van der Waals surface area contributed by atoms with Gasteiger partial charge in [0.1, 0.15) is 0 Å². The number of aliphatic carboxylic acids is 1. The number of carboxylic acid groups (broad SMARTS) is 1. The number of hydrogen-bond acceptors (Lipinski definition) is 13. The number of carbonyl (C=O) groups is 4. The quantitative estimate of drug-likeness (QED) is 0.0384. The van der Waals surface area contributed by atoms with Crippen molar-refractivity contribution in [2.45, 2.75) is 38.5 Å². The van der Waals surface area contributed by atoms with Gasteiger partial charge in [-0.05, 0) is 19.4 Å². The molecule has 1 rings (SSSR count). The number of nitrogens with one attached hydrogen (secondary N) is 2. The molecule has 1 fully saturated rings. The van der Waals surface area contributed by atoms with Crippen LogP contribution < -0.4 is 33.6 Å². The number of amides is 1. The number of aliphatic hydroxyl groups excluding tert-OH is 1. The standard InChI is InChI=1S/C14H30N4O4.C6H18N4.C4H4O3/c15-5-9-18(10-7-16-6-1-2-12-19)11-8-17-13(20)3-4-14(21)22;7-1-4-10(5-2-8)6-3-9;5-3-1-2-4(6)7-3/h16,19H,1-12,15H2,(H,17,20)(H,21,22);1-9H2;1-2H2. The molecule has 0 aromatic carbocycles. The highest BCUT2D eigenvalue weighted by atomic mass is 16.6. The lowest BCUT2D eigenvalue weighted by Gasteiger charge is -2.22. The SMILES string of the molecule is NCCN(CCN)CCN.NCCN(CCNCCCCO)CCNC(=O)CCC(=O)O.O=C1CCC(=O)O1. The average molecular weight is 565 g/mol. The van der Waals surface area contributed by atoms with E-state index in [1.165, 1.54) is 0 Å². The van der Waals surface area contributed by atoms with Crippen LogP contribution in [0, 0.1) is 0 Å². The molecular weight excluding hydrogens is 512 g/mol. The van der Waals surface area contributed by atoms with Crippen LogP contribution in [0.25, 0.3) is 0 Å². The first-order valence-corrected chi connectivity index (χ1v) is 13.5. The molecule has 0 aromatic heterocycles. The summed E-state index contributed by atoms with van der Waals surface area (Å²) in [5.41, 5.74) is 21.7. The zero-order valence-corrected chi connectivity index (χ0v) is 23.3. The maximum atomic E-state index is 11.4. The second kappa shape index (κ2) is 28.8. The highest BCUT2D eigenvalue weighted by Crippen LogP contribution is 2.03. The molecule has 39 heavy (non-hydrogen) atoms. The number of ether oxygens (including phenoxy) is 1. The Bertz CT molecular complexity index is 615. The minimum absolute atomic E-state index is 0.0125. The second-order valence-corrected chi connectivity index (χ2v) is 8.61. The van der Waals surface area contributed by atoms with Gasteiger partial charge in [-0.2, -0.15) is 0 Å². The van der Waals surface area contributed by atoms with E-state index >= 15 is 0 Å². The number of aliphatic hydroxyl groups is 1. The Morgan fingerprint density at radius 1 is 0.744 bits per heavy atom. The Kier molecular flexibility index (Phi) is 28.7. The third-order valence-corrected chi connectivity index (χ3v) is 5.22. The number of nitrogens with two attached hydrogens (primary N) is 4. The monoisotopic (exact) mass is 564 g/mol. The fourth-order valence-electron chi connectivity index (χ4n) is 3.22. The number of cyclic esters (lactones) is 2. The van der Waals surface area contributed by atoms with E-state index in [4.69, 9.17) is 33.1 Å². The van der Waals surface area contributed by atoms with Crippen molar-refractivity contribution >= 4 is 23.8 Å². The van der Waals surface area contributed by atoms with Crippen molar-refractivity contribution in [1.82, 2.24) is 20.4 Å². The molecule has 0 aromatic rings. The molecule has 0 saturated carbocycles. The predicted octanol–water partition coefficient (Wildman–Crippen LogP) is -3.40. The van der Waals surface area contributed by atoms with Crippen molar-refractivity contribution in [3.05, 3.63) is 0 Å². The fraction of sp³-hybridized carbons (Fsp3) is 0.833. The van der Waals surface area contributed by atoms with Gasteiger partial charge in [-0.25, -0.2) is 0 Å². The van der Waals surface area contributed by atoms with E-state index in [2.05, 4.69) is 25.2 Å². The largest absolute Gasteiger partial charge is 0.481 e. The maximum absolute atomic E-state index is 11.4. The first-order valence-electron chi connectivity index (χ1n) is 13.5. The molecule has 15 heteroatoms. The van der Waals surface area contributed by atoms with E-state index in [0.717, 1.165) is 58.7 Å². The Balaban J connectivity index is 0. The summed E-state index contributed by atoms with van der Waals surface area (Å²) in [6.45, 7) is 9.99. The molecule has 1 aliphatic heterocycles. The maximum Gasteiger partial charge on any atom is 0.314 e. The number of hydrogen-bond donors (Lipinski definition) is 8. The Morgan fingerprint density at radius 3 is 1.64 bits per heavy atom. The van der Waals surface area contributed by atoms with Gasteiger partial charge in [0.25, 0.3) is 0 Å². The van der Waals surface area contributed by atoms with Crippen LogP contribution >= 0.6 is 0 Å². The Hall–Kier alpha value is -2.24. The molecule has 0 radical (unpaired) electrons. The van der Waals surface area contributed by atoms with E-state index < -0.39 is 17.9 Å². The highest BCUT2D eigenvalue weighted by Gasteiger charge is 2.19. The van der Waals surface area contributed by atoms with Crippen LogP contribution in [0.15, 0.2) is 0 Å². The number of nitrogens with zero attached hydrogens (tertiary/aromatic N) is 2. The van der Waals surface area contributed by atoms with E-state index in [1.54, 1.807) is 0 Å². The van der Waals surface area contributed by atoms with E-state index in [-0.39, 0.29) is 38.2 Å². The molecule has 0 bridgehead atoms. The highest BCUT2D eigenvalue weighted by molar-refractivity contribution is 5.92. The van der Waals surface area contributed by atoms with Crippen LogP contribution in [0.4, 0.5) is 0 Å². The summed E-state index contributed by atoms with van der Waals surface area (Å²) >= 11 is 0. The van der Waals surface area contributed by atoms with Gasteiger partial charge in [0, 0.05) is 91.6 Å². The molecule has 12 N–H and O–H groups in total. The summed E-state index contributed by atoms with van der Waals surface area (Å²) in [5.74, 6) is -2.00. The fourth-order valence-corrected chi connectivity index (χ4v) is 3.22. The number of carbonyl (C=O) groups excluding carboxylic acids is 3. The topological polar surface area (TPSA) is 253 Å². The molecule has 0 atom stereocenters. The zero-order chi connectivity index (χ0) is 29.7. The minimum Gasteiger partial charge on any atom is -0.481 e. The normalized spacial score (nSPS) is 12.5. The Labute approximate surface area is 231 Å². The summed E-state index contributed by atoms with van der Waals surface area (Å²) in [5, 5.41) is 23.2. The third kappa shape index (κ3) is 28.6. The lowest BCUT2D eigenvalue weighted by atomic mass is 10.3. The minimum atomic E-state index is -0.966. The summed E-state index contributed by atoms with van der Waals surface area (Å²) < 4.78 is 4.08. The summed E-state index contributed by atoms with van der Waals surface area (Å²) in [6, 6.07) is 0. The number of unbranched alkanes of at least 4 members (excludes halogenated alkanes) is 1. The molecule has 0 aliphatic carbocycles. The van der Waals surface area contributed by atoms with Gasteiger partial charge in [0.2, 0.25) is 5.91 Å².